The summed E-state index contributed by atoms with van der Waals surface area (Å²) in [7, 11) is -3.27. The summed E-state index contributed by atoms with van der Waals surface area (Å²) in [6, 6.07) is 3.64. The summed E-state index contributed by atoms with van der Waals surface area (Å²) < 4.78 is 32.0. The number of hydrogen-bond donors (Lipinski definition) is 2. The predicted octanol–water partition coefficient (Wildman–Crippen LogP) is 1.52. The minimum Gasteiger partial charge on any atom is -0.469 e. The van der Waals surface area contributed by atoms with Crippen LogP contribution in [0.15, 0.2) is 22.8 Å². The van der Waals surface area contributed by atoms with Gasteiger partial charge in [-0.2, -0.15) is 0 Å². The first-order valence-corrected chi connectivity index (χ1v) is 8.24. The van der Waals surface area contributed by atoms with E-state index in [0.717, 1.165) is 25.1 Å². The van der Waals surface area contributed by atoms with Gasteiger partial charge in [-0.1, -0.05) is 6.92 Å². The van der Waals surface area contributed by atoms with Gasteiger partial charge in [0, 0.05) is 19.0 Å². The first-order valence-electron chi connectivity index (χ1n) is 6.70. The number of nitrogens with one attached hydrogen (secondary N) is 2. The maximum absolute atomic E-state index is 12.0. The van der Waals surface area contributed by atoms with Crippen molar-refractivity contribution in [2.24, 2.45) is 0 Å². The SMILES string of the molecule is CCNCC(C)S(=O)(=O)NC(C)CCc1ccco1. The summed E-state index contributed by atoms with van der Waals surface area (Å²) in [5, 5.41) is 2.62. The third-order valence-electron chi connectivity index (χ3n) is 2.98. The van der Waals surface area contributed by atoms with Gasteiger partial charge in [-0.25, -0.2) is 13.1 Å². The molecule has 0 amide bonds. The van der Waals surface area contributed by atoms with Gasteiger partial charge in [0.2, 0.25) is 10.0 Å². The van der Waals surface area contributed by atoms with Crippen molar-refractivity contribution >= 4 is 10.0 Å². The highest BCUT2D eigenvalue weighted by atomic mass is 32.2. The fourth-order valence-electron chi connectivity index (χ4n) is 1.73. The topological polar surface area (TPSA) is 71.3 Å². The van der Waals surface area contributed by atoms with Crippen LogP contribution in [-0.2, 0) is 16.4 Å². The lowest BCUT2D eigenvalue weighted by molar-refractivity contribution is 0.478. The highest BCUT2D eigenvalue weighted by molar-refractivity contribution is 7.90. The summed E-state index contributed by atoms with van der Waals surface area (Å²) in [6.45, 7) is 6.79. The molecule has 110 valence electrons. The number of furan rings is 1. The molecule has 5 nitrogen and oxygen atoms in total. The molecule has 1 heterocycles. The monoisotopic (exact) mass is 288 g/mol. The van der Waals surface area contributed by atoms with Gasteiger partial charge in [0.1, 0.15) is 5.76 Å². The number of hydrogen-bond acceptors (Lipinski definition) is 4. The van der Waals surface area contributed by atoms with E-state index in [-0.39, 0.29) is 6.04 Å². The second-order valence-electron chi connectivity index (χ2n) is 4.80. The van der Waals surface area contributed by atoms with Gasteiger partial charge >= 0.3 is 0 Å². The lowest BCUT2D eigenvalue weighted by Gasteiger charge is -2.18. The summed E-state index contributed by atoms with van der Waals surface area (Å²) >= 11 is 0. The minimum absolute atomic E-state index is 0.0980. The Hall–Kier alpha value is -0.850. The van der Waals surface area contributed by atoms with Crippen molar-refractivity contribution in [3.63, 3.8) is 0 Å². The molecule has 1 aromatic heterocycles. The Balaban J connectivity index is 2.39. The van der Waals surface area contributed by atoms with Gasteiger partial charge in [0.05, 0.1) is 11.5 Å². The van der Waals surface area contributed by atoms with Crippen LogP contribution in [0.2, 0.25) is 0 Å². The third kappa shape index (κ3) is 5.76. The van der Waals surface area contributed by atoms with Gasteiger partial charge < -0.3 is 9.73 Å². The smallest absolute Gasteiger partial charge is 0.215 e. The Morgan fingerprint density at radius 3 is 2.68 bits per heavy atom. The predicted molar refractivity (Wildman–Crippen MR) is 76.6 cm³/mol. The summed E-state index contributed by atoms with van der Waals surface area (Å²) in [4.78, 5) is 0. The molecule has 0 spiro atoms. The Morgan fingerprint density at radius 1 is 1.37 bits per heavy atom. The van der Waals surface area contributed by atoms with Gasteiger partial charge in [0.15, 0.2) is 0 Å². The van der Waals surface area contributed by atoms with E-state index >= 15 is 0 Å². The molecule has 0 aliphatic carbocycles. The normalized spacial score (nSPS) is 15.3. The highest BCUT2D eigenvalue weighted by Gasteiger charge is 2.22. The second-order valence-corrected chi connectivity index (χ2v) is 6.93. The Morgan fingerprint density at radius 2 is 2.11 bits per heavy atom. The maximum atomic E-state index is 12.0. The van der Waals surface area contributed by atoms with Gasteiger partial charge in [-0.3, -0.25) is 0 Å². The molecule has 0 bridgehead atoms. The summed E-state index contributed by atoms with van der Waals surface area (Å²) in [5.74, 6) is 0.881. The van der Waals surface area contributed by atoms with Crippen LogP contribution in [0.1, 0.15) is 33.0 Å². The molecule has 2 N–H and O–H groups in total. The van der Waals surface area contributed by atoms with Crippen LogP contribution in [0.4, 0.5) is 0 Å². The van der Waals surface area contributed by atoms with Crippen molar-refractivity contribution in [2.75, 3.05) is 13.1 Å². The number of sulfonamides is 1. The molecule has 0 aromatic carbocycles. The van der Waals surface area contributed by atoms with E-state index in [4.69, 9.17) is 4.42 Å². The van der Waals surface area contributed by atoms with E-state index in [0.29, 0.717) is 6.54 Å². The average Bonchev–Trinajstić information content (AvgIpc) is 2.85. The zero-order chi connectivity index (χ0) is 14.3. The van der Waals surface area contributed by atoms with Crippen LogP contribution < -0.4 is 10.0 Å². The van der Waals surface area contributed by atoms with E-state index in [1.807, 2.05) is 26.0 Å². The maximum Gasteiger partial charge on any atom is 0.215 e. The van der Waals surface area contributed by atoms with Crippen LogP contribution in [-0.4, -0.2) is 32.8 Å². The van der Waals surface area contributed by atoms with Crippen LogP contribution in [0.25, 0.3) is 0 Å². The molecule has 0 saturated heterocycles. The van der Waals surface area contributed by atoms with E-state index < -0.39 is 15.3 Å². The van der Waals surface area contributed by atoms with Crippen molar-refractivity contribution in [1.29, 1.82) is 0 Å². The standard InChI is InChI=1S/C13H24N2O3S/c1-4-14-10-12(3)19(16,17)15-11(2)7-8-13-6-5-9-18-13/h5-6,9,11-12,14-15H,4,7-8,10H2,1-3H3. The lowest BCUT2D eigenvalue weighted by Crippen LogP contribution is -2.42. The van der Waals surface area contributed by atoms with E-state index in [1.54, 1.807) is 13.2 Å². The molecule has 2 unspecified atom stereocenters. The Labute approximate surface area is 115 Å². The van der Waals surface area contributed by atoms with Crippen molar-refractivity contribution < 1.29 is 12.8 Å². The molecule has 0 radical (unpaired) electrons. The van der Waals surface area contributed by atoms with Crippen LogP contribution >= 0.6 is 0 Å². The fraction of sp³-hybridized carbons (Fsp3) is 0.692. The number of aryl methyl sites for hydroxylation is 1. The lowest BCUT2D eigenvalue weighted by atomic mass is 10.2. The van der Waals surface area contributed by atoms with E-state index in [9.17, 15) is 8.42 Å². The molecule has 0 aliphatic heterocycles. The van der Waals surface area contributed by atoms with Gasteiger partial charge in [-0.05, 0) is 38.9 Å². The molecule has 0 saturated carbocycles. The zero-order valence-corrected chi connectivity index (χ0v) is 12.7. The fourth-order valence-corrected chi connectivity index (χ4v) is 2.97. The van der Waals surface area contributed by atoms with Crippen molar-refractivity contribution in [2.45, 2.75) is 44.9 Å². The van der Waals surface area contributed by atoms with E-state index in [2.05, 4.69) is 10.0 Å². The van der Waals surface area contributed by atoms with Crippen molar-refractivity contribution in [1.82, 2.24) is 10.0 Å². The molecular formula is C13H24N2O3S. The second kappa shape index (κ2) is 7.67. The Bertz CT molecular complexity index is 442. The molecule has 6 heteroatoms. The first kappa shape index (κ1) is 16.2. The molecule has 1 rings (SSSR count). The van der Waals surface area contributed by atoms with Crippen LogP contribution in [0.5, 0.6) is 0 Å². The zero-order valence-electron chi connectivity index (χ0n) is 11.8. The average molecular weight is 288 g/mol. The van der Waals surface area contributed by atoms with Crippen LogP contribution in [0.3, 0.4) is 0 Å². The van der Waals surface area contributed by atoms with Crippen molar-refractivity contribution in [3.05, 3.63) is 24.2 Å². The molecular weight excluding hydrogens is 264 g/mol. The molecule has 0 aliphatic rings. The quantitative estimate of drug-likeness (QED) is 0.722. The molecule has 1 aromatic rings. The first-order chi connectivity index (χ1) is 8.95. The van der Waals surface area contributed by atoms with Gasteiger partial charge in [-0.15, -0.1) is 0 Å². The summed E-state index contributed by atoms with van der Waals surface area (Å²) in [6.07, 6.45) is 3.08. The van der Waals surface area contributed by atoms with Gasteiger partial charge in [0.25, 0.3) is 0 Å². The largest absolute Gasteiger partial charge is 0.469 e. The van der Waals surface area contributed by atoms with Crippen LogP contribution in [0, 0.1) is 0 Å². The van der Waals surface area contributed by atoms with E-state index in [1.165, 1.54) is 0 Å². The Kier molecular flexibility index (Phi) is 6.54. The third-order valence-corrected chi connectivity index (χ3v) is 4.94. The molecule has 19 heavy (non-hydrogen) atoms. The molecule has 2 atom stereocenters. The summed E-state index contributed by atoms with van der Waals surface area (Å²) in [5.41, 5.74) is 0. The van der Waals surface area contributed by atoms with Crippen molar-refractivity contribution in [3.8, 4) is 0 Å². The number of rotatable bonds is 9. The minimum atomic E-state index is -3.27. The highest BCUT2D eigenvalue weighted by Crippen LogP contribution is 2.07. The molecule has 0 fully saturated rings.